The summed E-state index contributed by atoms with van der Waals surface area (Å²) in [5.74, 6) is 2.94. The van der Waals surface area contributed by atoms with Crippen molar-refractivity contribution in [1.29, 1.82) is 0 Å². The molecule has 0 radical (unpaired) electrons. The second-order valence-corrected chi connectivity index (χ2v) is 9.48. The van der Waals surface area contributed by atoms with Gasteiger partial charge in [0, 0.05) is 25.7 Å². The van der Waals surface area contributed by atoms with Gasteiger partial charge in [-0.2, -0.15) is 0 Å². The van der Waals surface area contributed by atoms with Crippen LogP contribution >= 0.6 is 0 Å². The van der Waals surface area contributed by atoms with Gasteiger partial charge >= 0.3 is 0 Å². The van der Waals surface area contributed by atoms with Crippen molar-refractivity contribution in [2.75, 3.05) is 39.4 Å². The number of carbonyl (C=O) groups is 1. The number of ether oxygens (including phenoxy) is 1. The van der Waals surface area contributed by atoms with Crippen LogP contribution in [0.4, 0.5) is 0 Å². The monoisotopic (exact) mass is 360 g/mol. The zero-order chi connectivity index (χ0) is 18.0. The second kappa shape index (κ2) is 8.02. The van der Waals surface area contributed by atoms with Gasteiger partial charge in [-0.15, -0.1) is 0 Å². The number of morpholine rings is 1. The van der Waals surface area contributed by atoms with Crippen molar-refractivity contribution in [3.8, 4) is 0 Å². The van der Waals surface area contributed by atoms with Crippen molar-refractivity contribution in [2.24, 2.45) is 23.2 Å². The van der Waals surface area contributed by atoms with Crippen molar-refractivity contribution < 1.29 is 9.53 Å². The SMILES string of the molecule is C/C(=C\C(=O)NCCCCN1CCOCC1)C12CC3CC(CC(C3)C1)C2. The van der Waals surface area contributed by atoms with Crippen LogP contribution in [-0.2, 0) is 9.53 Å². The van der Waals surface area contributed by atoms with Crippen LogP contribution in [0.1, 0.15) is 58.3 Å². The van der Waals surface area contributed by atoms with E-state index < -0.39 is 0 Å². The van der Waals surface area contributed by atoms with Crippen molar-refractivity contribution in [3.63, 3.8) is 0 Å². The Morgan fingerprint density at radius 2 is 1.69 bits per heavy atom. The Morgan fingerprint density at radius 1 is 1.08 bits per heavy atom. The highest BCUT2D eigenvalue weighted by atomic mass is 16.5. The van der Waals surface area contributed by atoms with E-state index >= 15 is 0 Å². The summed E-state index contributed by atoms with van der Waals surface area (Å²) >= 11 is 0. The van der Waals surface area contributed by atoms with Crippen LogP contribution in [0.2, 0.25) is 0 Å². The summed E-state index contributed by atoms with van der Waals surface area (Å²) in [6.45, 7) is 8.00. The van der Waals surface area contributed by atoms with Gasteiger partial charge in [-0.3, -0.25) is 9.69 Å². The maximum Gasteiger partial charge on any atom is 0.243 e. The molecule has 0 aromatic heterocycles. The number of hydrogen-bond donors (Lipinski definition) is 1. The molecule has 1 saturated heterocycles. The number of nitrogens with one attached hydrogen (secondary N) is 1. The molecular weight excluding hydrogens is 324 g/mol. The van der Waals surface area contributed by atoms with Crippen LogP contribution in [0, 0.1) is 23.2 Å². The predicted octanol–water partition coefficient (Wildman–Crippen LogP) is 3.38. The molecule has 1 amide bonds. The molecule has 4 bridgehead atoms. The smallest absolute Gasteiger partial charge is 0.243 e. The predicted molar refractivity (Wildman–Crippen MR) is 104 cm³/mol. The lowest BCUT2D eigenvalue weighted by atomic mass is 9.48. The van der Waals surface area contributed by atoms with Crippen LogP contribution in [0.3, 0.4) is 0 Å². The molecule has 5 rings (SSSR count). The molecule has 1 N–H and O–H groups in total. The molecule has 0 aromatic carbocycles. The van der Waals surface area contributed by atoms with Crippen LogP contribution in [0.25, 0.3) is 0 Å². The number of carbonyl (C=O) groups excluding carboxylic acids is 1. The number of amides is 1. The molecule has 1 aliphatic heterocycles. The molecule has 4 aliphatic carbocycles. The molecule has 0 spiro atoms. The van der Waals surface area contributed by atoms with E-state index in [4.69, 9.17) is 4.74 Å². The molecule has 26 heavy (non-hydrogen) atoms. The normalized spacial score (nSPS) is 37.1. The molecule has 4 heteroatoms. The van der Waals surface area contributed by atoms with Gasteiger partial charge in [-0.1, -0.05) is 5.57 Å². The lowest BCUT2D eigenvalue weighted by molar-refractivity contribution is -0.116. The van der Waals surface area contributed by atoms with Gasteiger partial charge < -0.3 is 10.1 Å². The molecular formula is C22H36N2O2. The van der Waals surface area contributed by atoms with E-state index in [0.29, 0.717) is 5.41 Å². The minimum absolute atomic E-state index is 0.129. The zero-order valence-corrected chi connectivity index (χ0v) is 16.5. The Balaban J connectivity index is 1.20. The zero-order valence-electron chi connectivity index (χ0n) is 16.5. The number of allylic oxidation sites excluding steroid dienone is 1. The maximum atomic E-state index is 12.4. The third-order valence-corrected chi connectivity index (χ3v) is 7.53. The first-order valence-corrected chi connectivity index (χ1v) is 10.9. The van der Waals surface area contributed by atoms with Crippen molar-refractivity contribution in [2.45, 2.75) is 58.3 Å². The van der Waals surface area contributed by atoms with Crippen LogP contribution < -0.4 is 5.32 Å². The van der Waals surface area contributed by atoms with Gasteiger partial charge in [0.15, 0.2) is 0 Å². The number of hydrogen-bond acceptors (Lipinski definition) is 3. The lowest BCUT2D eigenvalue weighted by Crippen LogP contribution is -2.46. The highest BCUT2D eigenvalue weighted by molar-refractivity contribution is 5.88. The summed E-state index contributed by atoms with van der Waals surface area (Å²) in [6, 6.07) is 0. The van der Waals surface area contributed by atoms with Crippen molar-refractivity contribution in [3.05, 3.63) is 11.6 Å². The minimum atomic E-state index is 0.129. The summed E-state index contributed by atoms with van der Waals surface area (Å²) in [7, 11) is 0. The van der Waals surface area contributed by atoms with E-state index in [0.717, 1.165) is 70.0 Å². The van der Waals surface area contributed by atoms with Crippen LogP contribution in [-0.4, -0.2) is 50.2 Å². The lowest BCUT2D eigenvalue weighted by Gasteiger charge is -2.57. The summed E-state index contributed by atoms with van der Waals surface area (Å²) in [6.07, 6.45) is 12.6. The van der Waals surface area contributed by atoms with Gasteiger partial charge in [-0.25, -0.2) is 0 Å². The van der Waals surface area contributed by atoms with E-state index in [2.05, 4.69) is 17.1 Å². The Kier molecular flexibility index (Phi) is 5.70. The fourth-order valence-electron chi connectivity index (χ4n) is 6.49. The Hall–Kier alpha value is -0.870. The third kappa shape index (κ3) is 4.17. The maximum absolute atomic E-state index is 12.4. The molecule has 0 unspecified atom stereocenters. The topological polar surface area (TPSA) is 41.6 Å². The average Bonchev–Trinajstić information content (AvgIpc) is 2.61. The number of unbranched alkanes of at least 4 members (excludes halogenated alkanes) is 1. The standard InChI is InChI=1S/C22H36N2O2/c1-17(22-14-18-11-19(15-22)13-20(12-18)16-22)10-21(25)23-4-2-3-5-24-6-8-26-9-7-24/h10,18-20H,2-9,11-16H2,1H3,(H,23,25)/b17-10+. The van der Waals surface area contributed by atoms with Crippen LogP contribution in [0.5, 0.6) is 0 Å². The molecule has 4 saturated carbocycles. The molecule has 1 heterocycles. The van der Waals surface area contributed by atoms with E-state index in [1.807, 2.05) is 6.08 Å². The molecule has 5 aliphatic rings. The first-order chi connectivity index (χ1) is 12.6. The van der Waals surface area contributed by atoms with Crippen molar-refractivity contribution >= 4 is 5.91 Å². The van der Waals surface area contributed by atoms with Gasteiger partial charge in [0.2, 0.25) is 5.91 Å². The van der Waals surface area contributed by atoms with Gasteiger partial charge in [0.1, 0.15) is 0 Å². The highest BCUT2D eigenvalue weighted by Gasteiger charge is 2.51. The number of nitrogens with zero attached hydrogens (tertiary/aromatic N) is 1. The first-order valence-electron chi connectivity index (χ1n) is 10.9. The minimum Gasteiger partial charge on any atom is -0.379 e. The Morgan fingerprint density at radius 3 is 2.31 bits per heavy atom. The van der Waals surface area contributed by atoms with Crippen molar-refractivity contribution in [1.82, 2.24) is 10.2 Å². The molecule has 0 aromatic rings. The summed E-state index contributed by atoms with van der Waals surface area (Å²) in [5.41, 5.74) is 1.73. The van der Waals surface area contributed by atoms with E-state index in [9.17, 15) is 4.79 Å². The molecule has 4 nitrogen and oxygen atoms in total. The van der Waals surface area contributed by atoms with Gasteiger partial charge in [-0.05, 0) is 88.0 Å². The molecule has 5 fully saturated rings. The Bertz CT molecular complexity index is 501. The summed E-state index contributed by atoms with van der Waals surface area (Å²) in [4.78, 5) is 14.9. The van der Waals surface area contributed by atoms with E-state index in [-0.39, 0.29) is 5.91 Å². The van der Waals surface area contributed by atoms with Gasteiger partial charge in [0.25, 0.3) is 0 Å². The largest absolute Gasteiger partial charge is 0.379 e. The summed E-state index contributed by atoms with van der Waals surface area (Å²) in [5, 5.41) is 3.12. The third-order valence-electron chi connectivity index (χ3n) is 7.53. The number of rotatable bonds is 7. The van der Waals surface area contributed by atoms with E-state index in [1.165, 1.54) is 44.1 Å². The quantitative estimate of drug-likeness (QED) is 0.559. The fourth-order valence-corrected chi connectivity index (χ4v) is 6.49. The first kappa shape index (κ1) is 18.5. The molecule has 0 atom stereocenters. The Labute approximate surface area is 158 Å². The highest BCUT2D eigenvalue weighted by Crippen LogP contribution is 2.62. The van der Waals surface area contributed by atoms with Crippen LogP contribution in [0.15, 0.2) is 11.6 Å². The van der Waals surface area contributed by atoms with Gasteiger partial charge in [0.05, 0.1) is 13.2 Å². The second-order valence-electron chi connectivity index (χ2n) is 9.48. The summed E-state index contributed by atoms with van der Waals surface area (Å²) < 4.78 is 5.38. The average molecular weight is 361 g/mol. The fraction of sp³-hybridized carbons (Fsp3) is 0.864. The van der Waals surface area contributed by atoms with E-state index in [1.54, 1.807) is 0 Å². The molecule has 146 valence electrons.